The van der Waals surface area contributed by atoms with Crippen LogP contribution in [0.4, 0.5) is 0 Å². The van der Waals surface area contributed by atoms with Crippen LogP contribution in [-0.2, 0) is 19.1 Å². The number of methoxy groups -OCH3 is 1. The second-order valence-corrected chi connectivity index (χ2v) is 6.70. The molecular weight excluding hydrogens is 268 g/mol. The third-order valence-corrected chi connectivity index (χ3v) is 5.14. The van der Waals surface area contributed by atoms with E-state index in [0.29, 0.717) is 0 Å². The van der Waals surface area contributed by atoms with Crippen LogP contribution in [0.25, 0.3) is 0 Å². The zero-order valence-electron chi connectivity index (χ0n) is 13.4. The Bertz CT molecular complexity index is 450. The van der Waals surface area contributed by atoms with E-state index in [9.17, 15) is 9.59 Å². The van der Waals surface area contributed by atoms with E-state index >= 15 is 0 Å². The average Bonchev–Trinajstić information content (AvgIpc) is 2.50. The van der Waals surface area contributed by atoms with Crippen molar-refractivity contribution in [1.29, 1.82) is 0 Å². The van der Waals surface area contributed by atoms with E-state index in [1.54, 1.807) is 6.08 Å². The minimum absolute atomic E-state index is 0.230. The highest BCUT2D eigenvalue weighted by molar-refractivity contribution is 5.85. The van der Waals surface area contributed by atoms with Gasteiger partial charge in [0.25, 0.3) is 0 Å². The first-order chi connectivity index (χ1) is 9.91. The van der Waals surface area contributed by atoms with Crippen molar-refractivity contribution < 1.29 is 19.1 Å². The van der Waals surface area contributed by atoms with Gasteiger partial charge in [-0.15, -0.1) is 0 Å². The maximum Gasteiger partial charge on any atom is 0.331 e. The molecule has 4 nitrogen and oxygen atoms in total. The van der Waals surface area contributed by atoms with E-state index in [2.05, 4.69) is 0 Å². The summed E-state index contributed by atoms with van der Waals surface area (Å²) in [7, 11) is 1.42. The largest absolute Gasteiger partial charge is 0.469 e. The number of ether oxygens (including phenoxy) is 2. The number of hydrogen-bond acceptors (Lipinski definition) is 4. The first-order valence-electron chi connectivity index (χ1n) is 7.92. The molecule has 1 atom stereocenters. The van der Waals surface area contributed by atoms with Crippen LogP contribution in [0.2, 0.25) is 0 Å². The zero-order chi connectivity index (χ0) is 15.5. The highest BCUT2D eigenvalue weighted by atomic mass is 16.6. The SMILES string of the molecule is COC(=O)CC12CCCCCCCC1=CC(=O)OC2(C)C. The summed E-state index contributed by atoms with van der Waals surface area (Å²) in [5.74, 6) is -0.513. The molecular formula is C17H26O4. The predicted molar refractivity (Wildman–Crippen MR) is 79.6 cm³/mol. The van der Waals surface area contributed by atoms with Gasteiger partial charge < -0.3 is 9.47 Å². The number of esters is 2. The summed E-state index contributed by atoms with van der Waals surface area (Å²) in [6, 6.07) is 0. The molecule has 1 saturated carbocycles. The first kappa shape index (κ1) is 16.1. The molecule has 1 aliphatic carbocycles. The van der Waals surface area contributed by atoms with Crippen LogP contribution in [0, 0.1) is 5.41 Å². The quantitative estimate of drug-likeness (QED) is 0.731. The fourth-order valence-electron chi connectivity index (χ4n) is 3.82. The number of rotatable bonds is 2. The fraction of sp³-hybridized carbons (Fsp3) is 0.765. The average molecular weight is 294 g/mol. The molecule has 4 heteroatoms. The van der Waals surface area contributed by atoms with Gasteiger partial charge in [-0.2, -0.15) is 0 Å². The van der Waals surface area contributed by atoms with Gasteiger partial charge >= 0.3 is 11.9 Å². The van der Waals surface area contributed by atoms with Crippen LogP contribution < -0.4 is 0 Å². The minimum atomic E-state index is -0.674. The molecule has 1 heterocycles. The third-order valence-electron chi connectivity index (χ3n) is 5.14. The van der Waals surface area contributed by atoms with Gasteiger partial charge in [0, 0.05) is 11.5 Å². The molecule has 0 aromatic carbocycles. The zero-order valence-corrected chi connectivity index (χ0v) is 13.4. The van der Waals surface area contributed by atoms with Gasteiger partial charge in [0.15, 0.2) is 0 Å². The van der Waals surface area contributed by atoms with Crippen molar-refractivity contribution in [3.63, 3.8) is 0 Å². The lowest BCUT2D eigenvalue weighted by Gasteiger charge is -2.49. The predicted octanol–water partition coefficient (Wildman–Crippen LogP) is 3.54. The van der Waals surface area contributed by atoms with Crippen LogP contribution in [0.5, 0.6) is 0 Å². The molecule has 21 heavy (non-hydrogen) atoms. The lowest BCUT2D eigenvalue weighted by atomic mass is 9.61. The van der Waals surface area contributed by atoms with Gasteiger partial charge in [0.2, 0.25) is 0 Å². The molecule has 2 rings (SSSR count). The first-order valence-corrected chi connectivity index (χ1v) is 7.92. The van der Waals surface area contributed by atoms with E-state index in [1.807, 2.05) is 13.8 Å². The molecule has 2 aliphatic rings. The van der Waals surface area contributed by atoms with Crippen LogP contribution >= 0.6 is 0 Å². The maximum atomic E-state index is 12.0. The Hall–Kier alpha value is -1.32. The molecule has 0 N–H and O–H groups in total. The molecule has 0 amide bonds. The lowest BCUT2D eigenvalue weighted by molar-refractivity contribution is -0.173. The molecule has 0 bridgehead atoms. The molecule has 1 fully saturated rings. The summed E-state index contributed by atoms with van der Waals surface area (Å²) >= 11 is 0. The molecule has 0 saturated heterocycles. The lowest BCUT2D eigenvalue weighted by Crippen LogP contribution is -2.52. The van der Waals surface area contributed by atoms with Crippen molar-refractivity contribution in [2.24, 2.45) is 5.41 Å². The number of cyclic esters (lactones) is 1. The molecule has 118 valence electrons. The van der Waals surface area contributed by atoms with Crippen LogP contribution in [0.15, 0.2) is 11.6 Å². The summed E-state index contributed by atoms with van der Waals surface area (Å²) in [6.45, 7) is 3.86. The summed E-state index contributed by atoms with van der Waals surface area (Å²) in [4.78, 5) is 23.9. The molecule has 0 spiro atoms. The fourth-order valence-corrected chi connectivity index (χ4v) is 3.82. The molecule has 0 aromatic heterocycles. The Balaban J connectivity index is 2.45. The van der Waals surface area contributed by atoms with Gasteiger partial charge in [0.1, 0.15) is 5.60 Å². The normalized spacial score (nSPS) is 29.1. The third kappa shape index (κ3) is 3.14. The maximum absolute atomic E-state index is 12.0. The van der Waals surface area contributed by atoms with E-state index in [-0.39, 0.29) is 18.4 Å². The van der Waals surface area contributed by atoms with Gasteiger partial charge in [0.05, 0.1) is 13.5 Å². The minimum Gasteiger partial charge on any atom is -0.469 e. The van der Waals surface area contributed by atoms with Crippen LogP contribution in [0.1, 0.15) is 65.2 Å². The standard InChI is InChI=1S/C17H26O4/c1-16(2)17(12-15(19)20-3)10-8-6-4-5-7-9-13(17)11-14(18)21-16/h11H,4-10,12H2,1-3H3. The van der Waals surface area contributed by atoms with E-state index in [4.69, 9.17) is 9.47 Å². The topological polar surface area (TPSA) is 52.6 Å². The van der Waals surface area contributed by atoms with Crippen molar-refractivity contribution in [3.8, 4) is 0 Å². The van der Waals surface area contributed by atoms with E-state index < -0.39 is 11.0 Å². The van der Waals surface area contributed by atoms with Crippen LogP contribution in [-0.4, -0.2) is 24.6 Å². The second kappa shape index (κ2) is 6.20. The highest BCUT2D eigenvalue weighted by Crippen LogP contribution is 2.52. The Morgan fingerprint density at radius 2 is 1.90 bits per heavy atom. The number of hydrogen-bond donors (Lipinski definition) is 0. The Kier molecular flexibility index (Phi) is 4.74. The van der Waals surface area contributed by atoms with Crippen LogP contribution in [0.3, 0.4) is 0 Å². The number of fused-ring (bicyclic) bond motifs is 1. The highest BCUT2D eigenvalue weighted by Gasteiger charge is 2.53. The van der Waals surface area contributed by atoms with E-state index in [0.717, 1.165) is 31.3 Å². The molecule has 1 unspecified atom stereocenters. The van der Waals surface area contributed by atoms with Gasteiger partial charge in [-0.1, -0.05) is 31.3 Å². The molecule has 1 aliphatic heterocycles. The Labute approximate surface area is 126 Å². The monoisotopic (exact) mass is 294 g/mol. The summed E-state index contributed by atoms with van der Waals surface area (Å²) in [5.41, 5.74) is -0.0125. The summed E-state index contributed by atoms with van der Waals surface area (Å²) < 4.78 is 10.5. The van der Waals surface area contributed by atoms with Gasteiger partial charge in [-0.25, -0.2) is 4.79 Å². The summed E-state index contributed by atoms with van der Waals surface area (Å²) in [5, 5.41) is 0. The van der Waals surface area contributed by atoms with Crippen molar-refractivity contribution in [3.05, 3.63) is 11.6 Å². The second-order valence-electron chi connectivity index (χ2n) is 6.70. The van der Waals surface area contributed by atoms with Gasteiger partial charge in [-0.3, -0.25) is 4.79 Å². The molecule has 0 aromatic rings. The van der Waals surface area contributed by atoms with Crippen molar-refractivity contribution in [1.82, 2.24) is 0 Å². The summed E-state index contributed by atoms with van der Waals surface area (Å²) in [6.07, 6.45) is 9.34. The Morgan fingerprint density at radius 3 is 2.62 bits per heavy atom. The van der Waals surface area contributed by atoms with Gasteiger partial charge in [-0.05, 0) is 33.1 Å². The Morgan fingerprint density at radius 1 is 1.24 bits per heavy atom. The smallest absolute Gasteiger partial charge is 0.331 e. The number of carbonyl (C=O) groups is 2. The van der Waals surface area contributed by atoms with Crippen molar-refractivity contribution in [2.45, 2.75) is 70.8 Å². The van der Waals surface area contributed by atoms with Crippen molar-refractivity contribution >= 4 is 11.9 Å². The number of carbonyl (C=O) groups excluding carboxylic acids is 2. The van der Waals surface area contributed by atoms with Crippen molar-refractivity contribution in [2.75, 3.05) is 7.11 Å². The molecule has 0 radical (unpaired) electrons. The van der Waals surface area contributed by atoms with E-state index in [1.165, 1.54) is 26.4 Å².